The standard InChI is InChI=1S/C31H29N9OS/c1-20-13-24(16-33)14-21(2)28(20)41-30-29-27(9-12-42-29)35-31(36-30)34-25-7-10-39(11-8-25)18-26-19-40(38-37-26)17-23-5-3-22(15-32)4-6-23/h3-6,9,12-14,19,25H,7-8,10-11,17-18H2,1-2H3,(H,34,35,36). The maximum atomic E-state index is 9.29. The van der Waals surface area contributed by atoms with Crippen molar-refractivity contribution in [2.75, 3.05) is 18.4 Å². The summed E-state index contributed by atoms with van der Waals surface area (Å²) < 4.78 is 9.08. The van der Waals surface area contributed by atoms with Crippen LogP contribution in [0.25, 0.3) is 10.2 Å². The Hall–Kier alpha value is -4.84. The molecule has 1 fully saturated rings. The average molecular weight is 576 g/mol. The summed E-state index contributed by atoms with van der Waals surface area (Å²) in [6, 6.07) is 17.8. The van der Waals surface area contributed by atoms with Crippen molar-refractivity contribution in [3.63, 3.8) is 0 Å². The molecule has 1 aliphatic heterocycles. The monoisotopic (exact) mass is 575 g/mol. The number of nitriles is 2. The maximum absolute atomic E-state index is 9.29. The fourth-order valence-electron chi connectivity index (χ4n) is 5.25. The number of ether oxygens (including phenoxy) is 1. The second kappa shape index (κ2) is 12.0. The molecule has 1 N–H and O–H groups in total. The number of nitrogens with zero attached hydrogens (tertiary/aromatic N) is 8. The molecule has 0 amide bonds. The van der Waals surface area contributed by atoms with Crippen molar-refractivity contribution in [2.45, 2.75) is 45.8 Å². The summed E-state index contributed by atoms with van der Waals surface area (Å²) in [7, 11) is 0. The lowest BCUT2D eigenvalue weighted by atomic mass is 10.1. The lowest BCUT2D eigenvalue weighted by Gasteiger charge is -2.31. The normalized spacial score (nSPS) is 14.0. The number of nitrogens with one attached hydrogen (secondary N) is 1. The molecular weight excluding hydrogens is 546 g/mol. The van der Waals surface area contributed by atoms with E-state index in [1.165, 1.54) is 0 Å². The van der Waals surface area contributed by atoms with Gasteiger partial charge < -0.3 is 10.1 Å². The van der Waals surface area contributed by atoms with E-state index in [1.807, 2.05) is 72.6 Å². The van der Waals surface area contributed by atoms with Crippen LogP contribution in [0, 0.1) is 36.5 Å². The quantitative estimate of drug-likeness (QED) is 0.253. The number of aromatic nitrogens is 5. The second-order valence-corrected chi connectivity index (χ2v) is 11.5. The molecular formula is C31H29N9OS. The van der Waals surface area contributed by atoms with Gasteiger partial charge in [0.05, 0.1) is 47.2 Å². The number of anilines is 1. The Balaban J connectivity index is 1.07. The molecule has 10 nitrogen and oxygen atoms in total. The van der Waals surface area contributed by atoms with Gasteiger partial charge in [-0.1, -0.05) is 17.3 Å². The molecule has 0 spiro atoms. The van der Waals surface area contributed by atoms with E-state index in [4.69, 9.17) is 20.0 Å². The summed E-state index contributed by atoms with van der Waals surface area (Å²) in [5.41, 5.74) is 5.92. The topological polar surface area (TPSA) is 129 Å². The van der Waals surface area contributed by atoms with E-state index in [0.29, 0.717) is 29.5 Å². The van der Waals surface area contributed by atoms with Gasteiger partial charge in [0, 0.05) is 25.7 Å². The molecule has 1 aliphatic rings. The predicted molar refractivity (Wildman–Crippen MR) is 160 cm³/mol. The van der Waals surface area contributed by atoms with Crippen molar-refractivity contribution in [2.24, 2.45) is 0 Å². The van der Waals surface area contributed by atoms with E-state index >= 15 is 0 Å². The third-order valence-corrected chi connectivity index (χ3v) is 8.27. The number of aryl methyl sites for hydroxylation is 2. The number of hydrogen-bond donors (Lipinski definition) is 1. The van der Waals surface area contributed by atoms with Gasteiger partial charge in [0.15, 0.2) is 0 Å². The highest BCUT2D eigenvalue weighted by molar-refractivity contribution is 7.17. The van der Waals surface area contributed by atoms with E-state index in [2.05, 4.69) is 32.7 Å². The molecule has 0 unspecified atom stereocenters. The molecule has 42 heavy (non-hydrogen) atoms. The molecule has 4 heterocycles. The molecule has 0 bridgehead atoms. The predicted octanol–water partition coefficient (Wildman–Crippen LogP) is 5.56. The Morgan fingerprint density at radius 3 is 2.43 bits per heavy atom. The first-order valence-electron chi connectivity index (χ1n) is 13.8. The molecule has 2 aromatic carbocycles. The SMILES string of the molecule is Cc1cc(C#N)cc(C)c1Oc1nc(NC2CCN(Cc3cn(Cc4ccc(C#N)cc4)nn3)CC2)nc2ccsc12. The maximum Gasteiger partial charge on any atom is 0.242 e. The van der Waals surface area contributed by atoms with Crippen LogP contribution in [0.15, 0.2) is 54.0 Å². The number of piperidine rings is 1. The van der Waals surface area contributed by atoms with Crippen LogP contribution < -0.4 is 10.1 Å². The Kier molecular flexibility index (Phi) is 7.78. The number of fused-ring (bicyclic) bond motifs is 1. The zero-order chi connectivity index (χ0) is 29.1. The molecule has 5 aromatic rings. The summed E-state index contributed by atoms with van der Waals surface area (Å²) in [6.45, 7) is 7.10. The van der Waals surface area contributed by atoms with Gasteiger partial charge in [-0.3, -0.25) is 4.90 Å². The molecule has 210 valence electrons. The minimum Gasteiger partial charge on any atom is -0.437 e. The van der Waals surface area contributed by atoms with Crippen LogP contribution in [0.1, 0.15) is 46.4 Å². The highest BCUT2D eigenvalue weighted by Crippen LogP contribution is 2.36. The summed E-state index contributed by atoms with van der Waals surface area (Å²) in [6.07, 6.45) is 3.90. The van der Waals surface area contributed by atoms with Crippen molar-refractivity contribution in [1.29, 1.82) is 10.5 Å². The van der Waals surface area contributed by atoms with Gasteiger partial charge in [0.25, 0.3) is 0 Å². The Bertz CT molecular complexity index is 1780. The molecule has 6 rings (SSSR count). The molecule has 11 heteroatoms. The van der Waals surface area contributed by atoms with Gasteiger partial charge >= 0.3 is 0 Å². The summed E-state index contributed by atoms with van der Waals surface area (Å²) in [4.78, 5) is 11.9. The van der Waals surface area contributed by atoms with Crippen molar-refractivity contribution >= 4 is 27.5 Å². The van der Waals surface area contributed by atoms with Crippen molar-refractivity contribution in [1.82, 2.24) is 29.9 Å². The molecule has 0 aliphatic carbocycles. The van der Waals surface area contributed by atoms with Gasteiger partial charge in [-0.25, -0.2) is 9.67 Å². The minimum absolute atomic E-state index is 0.246. The smallest absolute Gasteiger partial charge is 0.242 e. The largest absolute Gasteiger partial charge is 0.437 e. The first-order valence-corrected chi connectivity index (χ1v) is 14.7. The molecule has 0 radical (unpaired) electrons. The summed E-state index contributed by atoms with van der Waals surface area (Å²) in [5, 5.41) is 32.5. The Morgan fingerprint density at radius 2 is 1.71 bits per heavy atom. The number of hydrogen-bond acceptors (Lipinski definition) is 10. The zero-order valence-corrected chi connectivity index (χ0v) is 24.2. The highest BCUT2D eigenvalue weighted by Gasteiger charge is 2.22. The second-order valence-electron chi connectivity index (χ2n) is 10.6. The molecule has 0 atom stereocenters. The molecule has 0 saturated carbocycles. The van der Waals surface area contributed by atoms with E-state index < -0.39 is 0 Å². The fourth-order valence-corrected chi connectivity index (χ4v) is 6.01. The Morgan fingerprint density at radius 1 is 0.976 bits per heavy atom. The Labute approximate surface area is 247 Å². The van der Waals surface area contributed by atoms with Gasteiger partial charge in [-0.15, -0.1) is 16.4 Å². The summed E-state index contributed by atoms with van der Waals surface area (Å²) in [5.74, 6) is 1.80. The minimum atomic E-state index is 0.246. The van der Waals surface area contributed by atoms with Gasteiger partial charge in [0.2, 0.25) is 11.8 Å². The van der Waals surface area contributed by atoms with Crippen LogP contribution in [0.3, 0.4) is 0 Å². The highest BCUT2D eigenvalue weighted by atomic mass is 32.1. The molecule has 1 saturated heterocycles. The number of thiophene rings is 1. The van der Waals surface area contributed by atoms with E-state index in [0.717, 1.165) is 70.8 Å². The van der Waals surface area contributed by atoms with Crippen molar-refractivity contribution < 1.29 is 4.74 Å². The average Bonchev–Trinajstić information content (AvgIpc) is 3.65. The van der Waals surface area contributed by atoms with Crippen LogP contribution in [-0.4, -0.2) is 49.0 Å². The summed E-state index contributed by atoms with van der Waals surface area (Å²) >= 11 is 1.55. The fraction of sp³-hybridized carbons (Fsp3) is 0.290. The van der Waals surface area contributed by atoms with Crippen LogP contribution in [0.4, 0.5) is 5.95 Å². The third kappa shape index (κ3) is 6.08. The third-order valence-electron chi connectivity index (χ3n) is 7.38. The lowest BCUT2D eigenvalue weighted by molar-refractivity contribution is 0.209. The van der Waals surface area contributed by atoms with Gasteiger partial charge in [-0.2, -0.15) is 15.5 Å². The van der Waals surface area contributed by atoms with Gasteiger partial charge in [0.1, 0.15) is 10.4 Å². The number of likely N-dealkylation sites (tertiary alicyclic amines) is 1. The van der Waals surface area contributed by atoms with Crippen LogP contribution in [-0.2, 0) is 13.1 Å². The van der Waals surface area contributed by atoms with Crippen LogP contribution >= 0.6 is 11.3 Å². The van der Waals surface area contributed by atoms with Crippen LogP contribution in [0.5, 0.6) is 11.6 Å². The van der Waals surface area contributed by atoms with E-state index in [9.17, 15) is 5.26 Å². The number of benzene rings is 2. The van der Waals surface area contributed by atoms with Gasteiger partial charge in [-0.05, 0) is 79.1 Å². The first-order chi connectivity index (χ1) is 20.5. The van der Waals surface area contributed by atoms with Crippen molar-refractivity contribution in [3.05, 3.63) is 87.6 Å². The lowest BCUT2D eigenvalue weighted by Crippen LogP contribution is -2.39. The van der Waals surface area contributed by atoms with E-state index in [-0.39, 0.29) is 6.04 Å². The van der Waals surface area contributed by atoms with Crippen molar-refractivity contribution in [3.8, 4) is 23.8 Å². The molecule has 3 aromatic heterocycles. The first kappa shape index (κ1) is 27.3. The zero-order valence-electron chi connectivity index (χ0n) is 23.4. The van der Waals surface area contributed by atoms with E-state index in [1.54, 1.807) is 11.3 Å². The van der Waals surface area contributed by atoms with Crippen LogP contribution in [0.2, 0.25) is 0 Å². The number of rotatable bonds is 8.